The van der Waals surface area contributed by atoms with Crippen LogP contribution in [0.5, 0.6) is 23.0 Å². The van der Waals surface area contributed by atoms with Crippen molar-refractivity contribution in [3.63, 3.8) is 0 Å². The molecule has 7 nitrogen and oxygen atoms in total. The van der Waals surface area contributed by atoms with Crippen molar-refractivity contribution in [2.24, 2.45) is 5.92 Å². The molecule has 2 aliphatic rings. The Hall–Kier alpha value is -9.07. The third kappa shape index (κ3) is 31.2. The van der Waals surface area contributed by atoms with Gasteiger partial charge in [0.2, 0.25) is 6.79 Å². The Kier molecular flexibility index (Phi) is 37.9. The highest BCUT2D eigenvalue weighted by atomic mass is 16.7. The number of carbonyl (C=O) groups excluding carboxylic acids is 3. The topological polar surface area (TPSA) is 99.1 Å². The van der Waals surface area contributed by atoms with Crippen LogP contribution in [0.25, 0.3) is 24.3 Å². The Balaban J connectivity index is 0.000000487. The quantitative estimate of drug-likeness (QED) is 0.0620. The number of fused-ring (bicyclic) bond motifs is 1. The van der Waals surface area contributed by atoms with E-state index in [-0.39, 0.29) is 18.6 Å². The number of carbonyl (C=O) groups is 3. The molecule has 1 heterocycles. The molecule has 0 saturated carbocycles. The fourth-order valence-electron chi connectivity index (χ4n) is 7.67. The van der Waals surface area contributed by atoms with Crippen molar-refractivity contribution in [1.29, 1.82) is 0 Å². The minimum atomic E-state index is 0. The number of aldehydes is 3. The zero-order valence-electron chi connectivity index (χ0n) is 50.9. The minimum Gasteiger partial charge on any atom is -0.507 e. The number of ether oxygens (including phenoxy) is 3. The molecule has 0 radical (unpaired) electrons. The van der Waals surface area contributed by atoms with Gasteiger partial charge in [0.15, 0.2) is 11.5 Å². The van der Waals surface area contributed by atoms with Crippen LogP contribution in [0.4, 0.5) is 0 Å². The highest BCUT2D eigenvalue weighted by Gasteiger charge is 2.15. The van der Waals surface area contributed by atoms with E-state index in [1.807, 2.05) is 172 Å². The van der Waals surface area contributed by atoms with E-state index in [9.17, 15) is 14.4 Å². The van der Waals surface area contributed by atoms with Gasteiger partial charge < -0.3 is 19.3 Å². The van der Waals surface area contributed by atoms with Crippen LogP contribution in [0, 0.1) is 19.8 Å². The molecular formula is C78H94O7. The third-order valence-corrected chi connectivity index (χ3v) is 12.9. The third-order valence-electron chi connectivity index (χ3n) is 12.9. The first kappa shape index (κ1) is 73.9. The summed E-state index contributed by atoms with van der Waals surface area (Å²) in [5, 5.41) is 9.04. The van der Waals surface area contributed by atoms with Gasteiger partial charge in [-0.3, -0.25) is 14.4 Å². The summed E-state index contributed by atoms with van der Waals surface area (Å²) in [7, 11) is 0. The number of phenolic OH excluding ortho intramolecular Hbond substituents is 1. The van der Waals surface area contributed by atoms with Gasteiger partial charge in [-0.05, 0) is 140 Å². The zero-order chi connectivity index (χ0) is 62.0. The van der Waals surface area contributed by atoms with Crippen molar-refractivity contribution < 1.29 is 33.7 Å². The maximum atomic E-state index is 10.4. The smallest absolute Gasteiger partial charge is 0.231 e. The largest absolute Gasteiger partial charge is 0.507 e. The summed E-state index contributed by atoms with van der Waals surface area (Å²) >= 11 is 0. The lowest BCUT2D eigenvalue weighted by Crippen LogP contribution is -2.10. The van der Waals surface area contributed by atoms with Crippen molar-refractivity contribution in [3.05, 3.63) is 288 Å². The van der Waals surface area contributed by atoms with Crippen LogP contribution in [-0.2, 0) is 16.6 Å². The normalized spacial score (nSPS) is 11.8. The van der Waals surface area contributed by atoms with Gasteiger partial charge in [0.25, 0.3) is 0 Å². The molecule has 7 aromatic rings. The summed E-state index contributed by atoms with van der Waals surface area (Å²) in [4.78, 5) is 31.1. The second-order valence-electron chi connectivity index (χ2n) is 20.7. The lowest BCUT2D eigenvalue weighted by atomic mass is 9.86. The standard InChI is InChI=1S/C12H16O.C11H14O.C10H14O.C10H12.C9H8O2.C9H10O.C8H8O.C8H8.CH4/c1-3-5-10-13-12-8-6-11(4-2)7-9-12;1-11(2,3)10-6-4-9(8-12)5-7-10;1-8(2)10-5-3-9(7-11)4-6-10;1-2-3-7-10-8-5-4-6-9-10;1-2-7-3-4-8-9(5-7)11-6-10-8;1-7-3-4-9(6-10)8(2)5-7;1-2-7-5-3-4-6-8(7)9;1-2-8-6-4-3-5-7-8;/h4,6-9H,2-3,5,10H2,1H3;4-8H,1-3H3;3,7,10H,1,4-6H2,2H3;2,4-6,8-9H,1,3,7H2;2-5H,1,6H2;3-6H,1-2H3;2-6,9H,1H2;2-7H,1H2;1H4/t;;10-;;;;;;/m..1....../s1. The van der Waals surface area contributed by atoms with Crippen molar-refractivity contribution in [1.82, 2.24) is 0 Å². The molecule has 0 amide bonds. The monoisotopic (exact) mass is 1140 g/mol. The van der Waals surface area contributed by atoms with Gasteiger partial charge in [0, 0.05) is 16.7 Å². The predicted octanol–water partition coefficient (Wildman–Crippen LogP) is 20.8. The number of para-hydroxylation sites is 1. The molecule has 448 valence electrons. The van der Waals surface area contributed by atoms with E-state index < -0.39 is 0 Å². The fourth-order valence-corrected chi connectivity index (χ4v) is 7.67. The SMILES string of the molecule is C.C=C(C)[C@@H]1CC=C(C=O)CC1.C=CCCc1ccccc1.C=Cc1ccc(OCCCC)cc1.C=Cc1ccc2c(c1)OCO2.C=Cc1ccccc1.C=Cc1ccccc1O.CC(C)(C)c1ccc(C=O)cc1.Cc1ccc(C=O)c(C)c1. The van der Waals surface area contributed by atoms with Crippen LogP contribution in [0.15, 0.2) is 233 Å². The maximum Gasteiger partial charge on any atom is 0.231 e. The average Bonchev–Trinajstić information content (AvgIpc) is 4.28. The molecule has 1 N–H and O–H groups in total. The molecule has 7 aromatic carbocycles. The van der Waals surface area contributed by atoms with Gasteiger partial charge in [-0.15, -0.1) is 6.58 Å². The second-order valence-corrected chi connectivity index (χ2v) is 20.7. The number of unbranched alkanes of at least 4 members (excludes halogenated alkanes) is 1. The first-order valence-corrected chi connectivity index (χ1v) is 28.5. The summed E-state index contributed by atoms with van der Waals surface area (Å²) in [5.74, 6) is 3.46. The van der Waals surface area contributed by atoms with Crippen LogP contribution in [-0.4, -0.2) is 37.4 Å². The number of aromatic hydroxyl groups is 1. The first-order valence-electron chi connectivity index (χ1n) is 28.5. The lowest BCUT2D eigenvalue weighted by Gasteiger charge is -2.19. The number of hydrogen-bond acceptors (Lipinski definition) is 7. The molecule has 7 heteroatoms. The van der Waals surface area contributed by atoms with E-state index in [0.717, 1.165) is 120 Å². The molecule has 0 saturated heterocycles. The van der Waals surface area contributed by atoms with Crippen molar-refractivity contribution in [2.75, 3.05) is 13.4 Å². The van der Waals surface area contributed by atoms with Crippen LogP contribution in [0.2, 0.25) is 0 Å². The number of allylic oxidation sites excluding steroid dienone is 4. The van der Waals surface area contributed by atoms with Crippen LogP contribution < -0.4 is 14.2 Å². The summed E-state index contributed by atoms with van der Waals surface area (Å²) in [6.07, 6.45) is 21.3. The number of benzene rings is 7. The summed E-state index contributed by atoms with van der Waals surface area (Å²) in [5.41, 5.74) is 12.9. The molecule has 0 fully saturated rings. The summed E-state index contributed by atoms with van der Waals surface area (Å²) in [6, 6.07) is 54.8. The Morgan fingerprint density at radius 2 is 1.21 bits per heavy atom. The molecule has 9 rings (SSSR count). The van der Waals surface area contributed by atoms with Gasteiger partial charge in [0.05, 0.1) is 6.61 Å². The molecule has 1 aliphatic carbocycles. The number of aryl methyl sites for hydroxylation is 3. The maximum absolute atomic E-state index is 10.4. The highest BCUT2D eigenvalue weighted by molar-refractivity contribution is 5.77. The first-order chi connectivity index (χ1) is 40.5. The van der Waals surface area contributed by atoms with Crippen molar-refractivity contribution in [2.45, 2.75) is 106 Å². The lowest BCUT2D eigenvalue weighted by molar-refractivity contribution is -0.105. The number of phenols is 1. The second kappa shape index (κ2) is 43.6. The molecular weight excluding hydrogens is 1050 g/mol. The summed E-state index contributed by atoms with van der Waals surface area (Å²) in [6.45, 7) is 37.9. The van der Waals surface area contributed by atoms with Crippen molar-refractivity contribution in [3.8, 4) is 23.0 Å². The van der Waals surface area contributed by atoms with E-state index in [4.69, 9.17) is 19.3 Å². The minimum absolute atomic E-state index is 0. The van der Waals surface area contributed by atoms with Gasteiger partial charge in [-0.2, -0.15) is 0 Å². The Bertz CT molecular complexity index is 3090. The fraction of sp³-hybridized carbons (Fsp3) is 0.244. The Morgan fingerprint density at radius 1 is 0.635 bits per heavy atom. The van der Waals surface area contributed by atoms with Crippen molar-refractivity contribution >= 4 is 43.2 Å². The van der Waals surface area contributed by atoms with Crippen LogP contribution in [0.3, 0.4) is 0 Å². The molecule has 1 atom stereocenters. The van der Waals surface area contributed by atoms with Gasteiger partial charge in [-0.25, -0.2) is 0 Å². The molecule has 0 unspecified atom stereocenters. The van der Waals surface area contributed by atoms with Crippen LogP contribution >= 0.6 is 0 Å². The number of hydrogen-bond donors (Lipinski definition) is 1. The van der Waals surface area contributed by atoms with E-state index in [0.29, 0.717) is 12.7 Å². The molecule has 1 aliphatic heterocycles. The molecule has 85 heavy (non-hydrogen) atoms. The van der Waals surface area contributed by atoms with Gasteiger partial charge in [-0.1, -0.05) is 262 Å². The van der Waals surface area contributed by atoms with E-state index >= 15 is 0 Å². The molecule has 0 aromatic heterocycles. The van der Waals surface area contributed by atoms with E-state index in [2.05, 4.69) is 98.4 Å². The van der Waals surface area contributed by atoms with Gasteiger partial charge >= 0.3 is 0 Å². The summed E-state index contributed by atoms with van der Waals surface area (Å²) < 4.78 is 15.8. The Morgan fingerprint density at radius 3 is 1.69 bits per heavy atom. The van der Waals surface area contributed by atoms with E-state index in [1.165, 1.54) is 34.2 Å². The molecule has 0 spiro atoms. The van der Waals surface area contributed by atoms with Gasteiger partial charge in [0.1, 0.15) is 30.4 Å². The Labute approximate surface area is 511 Å². The number of rotatable bonds is 15. The van der Waals surface area contributed by atoms with Crippen LogP contribution in [0.1, 0.15) is 146 Å². The zero-order valence-corrected chi connectivity index (χ0v) is 50.9. The predicted molar refractivity (Wildman–Crippen MR) is 364 cm³/mol. The molecule has 0 bridgehead atoms. The highest BCUT2D eigenvalue weighted by Crippen LogP contribution is 2.33. The average molecular weight is 1140 g/mol. The van der Waals surface area contributed by atoms with E-state index in [1.54, 1.807) is 24.3 Å².